The summed E-state index contributed by atoms with van der Waals surface area (Å²) in [6, 6.07) is 9.94. The van der Waals surface area contributed by atoms with Gasteiger partial charge in [0.25, 0.3) is 5.91 Å². The van der Waals surface area contributed by atoms with Crippen LogP contribution in [0.1, 0.15) is 6.92 Å². The summed E-state index contributed by atoms with van der Waals surface area (Å²) in [6.07, 6.45) is -0.755. The molecule has 0 aliphatic carbocycles. The van der Waals surface area contributed by atoms with Crippen molar-refractivity contribution < 1.29 is 9.53 Å². The average Bonchev–Trinajstić information content (AvgIpc) is 2.47. The van der Waals surface area contributed by atoms with Gasteiger partial charge in [0.2, 0.25) is 0 Å². The average molecular weight is 360 g/mol. The van der Waals surface area contributed by atoms with E-state index in [4.69, 9.17) is 45.3 Å². The van der Waals surface area contributed by atoms with Gasteiger partial charge in [-0.2, -0.15) is 0 Å². The number of nitrogens with one attached hydrogen (secondary N) is 1. The first-order chi connectivity index (χ1) is 10.4. The minimum absolute atomic E-state index is 0.265. The van der Waals surface area contributed by atoms with E-state index < -0.39 is 6.10 Å². The van der Waals surface area contributed by atoms with Crippen molar-refractivity contribution in [1.29, 1.82) is 0 Å². The maximum Gasteiger partial charge on any atom is 0.265 e. The SMILES string of the molecule is CC(Oc1ccccc1Cl)C(=O)Nc1cc(Cl)c(N)c(Cl)c1. The molecule has 4 nitrogen and oxygen atoms in total. The number of amides is 1. The van der Waals surface area contributed by atoms with Gasteiger partial charge >= 0.3 is 0 Å². The molecule has 0 saturated carbocycles. The van der Waals surface area contributed by atoms with Crippen molar-refractivity contribution in [3.63, 3.8) is 0 Å². The van der Waals surface area contributed by atoms with Crippen LogP contribution in [0.25, 0.3) is 0 Å². The Hall–Kier alpha value is -1.62. The second-order valence-corrected chi connectivity index (χ2v) is 5.75. The van der Waals surface area contributed by atoms with Crippen LogP contribution in [0.3, 0.4) is 0 Å². The second kappa shape index (κ2) is 7.09. The molecule has 22 heavy (non-hydrogen) atoms. The van der Waals surface area contributed by atoms with Crippen molar-refractivity contribution in [3.8, 4) is 5.75 Å². The van der Waals surface area contributed by atoms with Gasteiger partial charge in [0.1, 0.15) is 5.75 Å². The summed E-state index contributed by atoms with van der Waals surface area (Å²) in [4.78, 5) is 12.1. The van der Waals surface area contributed by atoms with E-state index in [9.17, 15) is 4.79 Å². The lowest BCUT2D eigenvalue weighted by Crippen LogP contribution is -2.30. The molecule has 0 bridgehead atoms. The quantitative estimate of drug-likeness (QED) is 0.782. The van der Waals surface area contributed by atoms with E-state index in [0.717, 1.165) is 0 Å². The molecule has 3 N–H and O–H groups in total. The van der Waals surface area contributed by atoms with Crippen LogP contribution in [0.2, 0.25) is 15.1 Å². The Morgan fingerprint density at radius 2 is 1.73 bits per heavy atom. The van der Waals surface area contributed by atoms with E-state index in [-0.39, 0.29) is 21.6 Å². The molecule has 2 aromatic rings. The van der Waals surface area contributed by atoms with Gasteiger partial charge in [-0.1, -0.05) is 46.9 Å². The molecule has 7 heteroatoms. The van der Waals surface area contributed by atoms with E-state index in [0.29, 0.717) is 16.5 Å². The largest absolute Gasteiger partial charge is 0.479 e. The zero-order valence-corrected chi connectivity index (χ0v) is 13.8. The number of halogens is 3. The fourth-order valence-corrected chi connectivity index (χ4v) is 2.35. The van der Waals surface area contributed by atoms with Crippen LogP contribution >= 0.6 is 34.8 Å². The van der Waals surface area contributed by atoms with E-state index >= 15 is 0 Å². The molecular weight excluding hydrogens is 347 g/mol. The van der Waals surface area contributed by atoms with Crippen LogP contribution in [0, 0.1) is 0 Å². The Balaban J connectivity index is 2.07. The summed E-state index contributed by atoms with van der Waals surface area (Å²) >= 11 is 17.8. The third-order valence-electron chi connectivity index (χ3n) is 2.86. The molecule has 0 spiro atoms. The highest BCUT2D eigenvalue weighted by atomic mass is 35.5. The minimum atomic E-state index is -0.755. The van der Waals surface area contributed by atoms with Crippen LogP contribution < -0.4 is 15.8 Å². The number of ether oxygens (including phenoxy) is 1. The topological polar surface area (TPSA) is 64.3 Å². The maximum absolute atomic E-state index is 12.1. The van der Waals surface area contributed by atoms with Gasteiger partial charge in [-0.15, -0.1) is 0 Å². The van der Waals surface area contributed by atoms with Crippen molar-refractivity contribution in [1.82, 2.24) is 0 Å². The number of rotatable bonds is 4. The fourth-order valence-electron chi connectivity index (χ4n) is 1.68. The van der Waals surface area contributed by atoms with Crippen LogP contribution in [-0.2, 0) is 4.79 Å². The van der Waals surface area contributed by atoms with Gasteiger partial charge < -0.3 is 15.8 Å². The molecule has 0 aliphatic rings. The monoisotopic (exact) mass is 358 g/mol. The van der Waals surface area contributed by atoms with Crippen LogP contribution in [0.4, 0.5) is 11.4 Å². The predicted octanol–water partition coefficient (Wildman–Crippen LogP) is 4.64. The first-order valence-electron chi connectivity index (χ1n) is 6.35. The number of para-hydroxylation sites is 1. The lowest BCUT2D eigenvalue weighted by Gasteiger charge is -2.16. The van der Waals surface area contributed by atoms with Crippen molar-refractivity contribution in [3.05, 3.63) is 51.5 Å². The lowest BCUT2D eigenvalue weighted by molar-refractivity contribution is -0.122. The summed E-state index contributed by atoms with van der Waals surface area (Å²) in [5, 5.41) is 3.62. The minimum Gasteiger partial charge on any atom is -0.479 e. The molecule has 2 rings (SSSR count). The number of nitrogens with two attached hydrogens (primary N) is 1. The van der Waals surface area contributed by atoms with Gasteiger partial charge in [-0.25, -0.2) is 0 Å². The molecule has 0 aromatic heterocycles. The zero-order valence-electron chi connectivity index (χ0n) is 11.6. The molecule has 1 unspecified atom stereocenters. The van der Waals surface area contributed by atoms with Crippen LogP contribution in [-0.4, -0.2) is 12.0 Å². The number of anilines is 2. The van der Waals surface area contributed by atoms with Crippen LogP contribution in [0.15, 0.2) is 36.4 Å². The number of benzene rings is 2. The van der Waals surface area contributed by atoms with Gasteiger partial charge in [-0.3, -0.25) is 4.79 Å². The number of carbonyl (C=O) groups is 1. The first-order valence-corrected chi connectivity index (χ1v) is 7.48. The predicted molar refractivity (Wildman–Crippen MR) is 91.0 cm³/mol. The molecule has 0 heterocycles. The van der Waals surface area contributed by atoms with Gasteiger partial charge in [0.05, 0.1) is 20.8 Å². The Morgan fingerprint density at radius 3 is 2.32 bits per heavy atom. The Labute approximate surface area is 143 Å². The Kier molecular flexibility index (Phi) is 5.40. The van der Waals surface area contributed by atoms with E-state index in [2.05, 4.69) is 5.32 Å². The lowest BCUT2D eigenvalue weighted by atomic mass is 10.2. The van der Waals surface area contributed by atoms with Gasteiger partial charge in [0.15, 0.2) is 6.10 Å². The number of nitrogen functional groups attached to an aromatic ring is 1. The van der Waals surface area contributed by atoms with Crippen molar-refractivity contribution >= 4 is 52.1 Å². The van der Waals surface area contributed by atoms with Crippen molar-refractivity contribution in [2.24, 2.45) is 0 Å². The summed E-state index contributed by atoms with van der Waals surface area (Å²) in [7, 11) is 0. The number of hydrogen-bond acceptors (Lipinski definition) is 3. The molecule has 1 atom stereocenters. The van der Waals surface area contributed by atoms with Crippen molar-refractivity contribution in [2.75, 3.05) is 11.1 Å². The summed E-state index contributed by atoms with van der Waals surface area (Å²) in [6.45, 7) is 1.61. The molecule has 2 aromatic carbocycles. The maximum atomic E-state index is 12.1. The zero-order chi connectivity index (χ0) is 16.3. The summed E-state index contributed by atoms with van der Waals surface area (Å²) in [5.41, 5.74) is 6.34. The fraction of sp³-hybridized carbons (Fsp3) is 0.133. The standard InChI is InChI=1S/C15H13Cl3N2O2/c1-8(22-13-5-3-2-4-10(13)16)15(21)20-9-6-11(17)14(19)12(18)7-9/h2-8H,19H2,1H3,(H,20,21). The first kappa shape index (κ1) is 16.7. The highest BCUT2D eigenvalue weighted by Gasteiger charge is 2.17. The molecule has 0 radical (unpaired) electrons. The highest BCUT2D eigenvalue weighted by molar-refractivity contribution is 6.39. The normalized spacial score (nSPS) is 11.8. The molecule has 116 valence electrons. The second-order valence-electron chi connectivity index (χ2n) is 4.53. The van der Waals surface area contributed by atoms with Crippen LogP contribution in [0.5, 0.6) is 5.75 Å². The van der Waals surface area contributed by atoms with E-state index in [1.54, 1.807) is 31.2 Å². The molecular formula is C15H13Cl3N2O2. The highest BCUT2D eigenvalue weighted by Crippen LogP contribution is 2.31. The molecule has 0 fully saturated rings. The smallest absolute Gasteiger partial charge is 0.265 e. The molecule has 0 saturated heterocycles. The third-order valence-corrected chi connectivity index (χ3v) is 3.79. The van der Waals surface area contributed by atoms with E-state index in [1.165, 1.54) is 12.1 Å². The number of carbonyl (C=O) groups excluding carboxylic acids is 1. The van der Waals surface area contributed by atoms with Crippen molar-refractivity contribution in [2.45, 2.75) is 13.0 Å². The van der Waals surface area contributed by atoms with Gasteiger partial charge in [0, 0.05) is 5.69 Å². The van der Waals surface area contributed by atoms with Gasteiger partial charge in [-0.05, 0) is 31.2 Å². The number of hydrogen-bond donors (Lipinski definition) is 2. The molecule has 0 aliphatic heterocycles. The third kappa shape index (κ3) is 3.97. The summed E-state index contributed by atoms with van der Waals surface area (Å²) in [5.74, 6) is 0.0667. The Bertz CT molecular complexity index is 684. The summed E-state index contributed by atoms with van der Waals surface area (Å²) < 4.78 is 5.53. The molecule has 1 amide bonds. The Morgan fingerprint density at radius 1 is 1.14 bits per heavy atom. The van der Waals surface area contributed by atoms with E-state index in [1.807, 2.05) is 0 Å².